The van der Waals surface area contributed by atoms with Crippen LogP contribution in [0.3, 0.4) is 0 Å². The number of hydrogen-bond acceptors (Lipinski definition) is 4. The standard InChI is InChI=1S/C24H18F3N3O2/c25-24(26,27)19-9-4-8-17(11-19)22-28-23(32-29-22)18-13-30(14-18)21(31)12-16-7-3-6-15-5-1-2-10-20(15)16/h1-11,18H,12-14H2. The Kier molecular flexibility index (Phi) is 4.92. The molecule has 1 saturated heterocycles. The van der Waals surface area contributed by atoms with Gasteiger partial charge in [0, 0.05) is 18.7 Å². The van der Waals surface area contributed by atoms with Gasteiger partial charge in [-0.1, -0.05) is 59.8 Å². The van der Waals surface area contributed by atoms with E-state index in [1.807, 2.05) is 42.5 Å². The van der Waals surface area contributed by atoms with E-state index >= 15 is 0 Å². The summed E-state index contributed by atoms with van der Waals surface area (Å²) in [6.45, 7) is 0.877. The number of nitrogens with zero attached hydrogens (tertiary/aromatic N) is 3. The molecule has 0 atom stereocenters. The number of amides is 1. The van der Waals surface area contributed by atoms with Crippen LogP contribution >= 0.6 is 0 Å². The zero-order valence-electron chi connectivity index (χ0n) is 16.8. The van der Waals surface area contributed by atoms with E-state index in [2.05, 4.69) is 10.1 Å². The molecule has 0 saturated carbocycles. The topological polar surface area (TPSA) is 59.2 Å². The predicted molar refractivity (Wildman–Crippen MR) is 112 cm³/mol. The smallest absolute Gasteiger partial charge is 0.341 e. The van der Waals surface area contributed by atoms with Crippen LogP contribution in [0.2, 0.25) is 0 Å². The number of rotatable bonds is 4. The third-order valence-corrected chi connectivity index (χ3v) is 5.69. The van der Waals surface area contributed by atoms with Gasteiger partial charge in [-0.25, -0.2) is 0 Å². The monoisotopic (exact) mass is 437 g/mol. The zero-order valence-corrected chi connectivity index (χ0v) is 16.8. The van der Waals surface area contributed by atoms with Crippen molar-refractivity contribution in [2.75, 3.05) is 13.1 Å². The van der Waals surface area contributed by atoms with Crippen LogP contribution in [-0.4, -0.2) is 34.0 Å². The highest BCUT2D eigenvalue weighted by Crippen LogP contribution is 2.33. The van der Waals surface area contributed by atoms with Crippen LogP contribution in [0, 0.1) is 0 Å². The molecule has 5 nitrogen and oxygen atoms in total. The minimum Gasteiger partial charge on any atom is -0.341 e. The van der Waals surface area contributed by atoms with E-state index in [9.17, 15) is 18.0 Å². The average Bonchev–Trinajstić information content (AvgIpc) is 3.22. The molecule has 5 rings (SSSR count). The lowest BCUT2D eigenvalue weighted by Gasteiger charge is -2.37. The van der Waals surface area contributed by atoms with E-state index in [1.165, 1.54) is 12.1 Å². The van der Waals surface area contributed by atoms with Crippen molar-refractivity contribution in [1.29, 1.82) is 0 Å². The summed E-state index contributed by atoms with van der Waals surface area (Å²) >= 11 is 0. The maximum Gasteiger partial charge on any atom is 0.416 e. The van der Waals surface area contributed by atoms with E-state index < -0.39 is 11.7 Å². The molecule has 0 N–H and O–H groups in total. The summed E-state index contributed by atoms with van der Waals surface area (Å²) in [5.41, 5.74) is 0.439. The number of alkyl halides is 3. The molecule has 32 heavy (non-hydrogen) atoms. The molecule has 1 amide bonds. The molecule has 0 aliphatic carbocycles. The van der Waals surface area contributed by atoms with Crippen molar-refractivity contribution in [1.82, 2.24) is 15.0 Å². The molecular formula is C24H18F3N3O2. The number of carbonyl (C=O) groups is 1. The number of benzene rings is 3. The van der Waals surface area contributed by atoms with Crippen LogP contribution in [0.15, 0.2) is 71.3 Å². The largest absolute Gasteiger partial charge is 0.416 e. The first kappa shape index (κ1) is 20.2. The van der Waals surface area contributed by atoms with Gasteiger partial charge in [-0.05, 0) is 28.5 Å². The van der Waals surface area contributed by atoms with Crippen molar-refractivity contribution in [2.24, 2.45) is 0 Å². The molecule has 0 unspecified atom stereocenters. The van der Waals surface area contributed by atoms with E-state index in [-0.39, 0.29) is 23.2 Å². The maximum atomic E-state index is 12.9. The molecule has 162 valence electrons. The van der Waals surface area contributed by atoms with Crippen LogP contribution in [0.25, 0.3) is 22.2 Å². The van der Waals surface area contributed by atoms with Crippen LogP contribution in [0.1, 0.15) is 22.9 Å². The fourth-order valence-electron chi connectivity index (χ4n) is 3.91. The van der Waals surface area contributed by atoms with Crippen LogP contribution in [0.5, 0.6) is 0 Å². The minimum atomic E-state index is -4.44. The van der Waals surface area contributed by atoms with Gasteiger partial charge in [-0.2, -0.15) is 18.2 Å². The molecule has 1 aliphatic heterocycles. The third-order valence-electron chi connectivity index (χ3n) is 5.69. The maximum absolute atomic E-state index is 12.9. The van der Waals surface area contributed by atoms with Gasteiger partial charge in [0.2, 0.25) is 17.6 Å². The number of halogens is 3. The lowest BCUT2D eigenvalue weighted by Crippen LogP contribution is -2.49. The van der Waals surface area contributed by atoms with Crippen molar-refractivity contribution >= 4 is 16.7 Å². The minimum absolute atomic E-state index is 0.00946. The van der Waals surface area contributed by atoms with Gasteiger partial charge < -0.3 is 9.42 Å². The molecule has 1 aliphatic rings. The van der Waals surface area contributed by atoms with Gasteiger partial charge in [-0.3, -0.25) is 4.79 Å². The molecule has 1 fully saturated rings. The van der Waals surface area contributed by atoms with E-state index in [1.54, 1.807) is 4.90 Å². The summed E-state index contributed by atoms with van der Waals surface area (Å²) in [5.74, 6) is 0.312. The fraction of sp³-hybridized carbons (Fsp3) is 0.208. The molecule has 4 aromatic rings. The number of carbonyl (C=O) groups excluding carboxylic acids is 1. The van der Waals surface area contributed by atoms with Crippen molar-refractivity contribution in [3.63, 3.8) is 0 Å². The van der Waals surface area contributed by atoms with Gasteiger partial charge in [0.15, 0.2) is 0 Å². The summed E-state index contributed by atoms with van der Waals surface area (Å²) in [6.07, 6.45) is -4.14. The zero-order chi connectivity index (χ0) is 22.3. The van der Waals surface area contributed by atoms with Crippen molar-refractivity contribution < 1.29 is 22.5 Å². The Bertz CT molecular complexity index is 1290. The third kappa shape index (κ3) is 3.84. The highest BCUT2D eigenvalue weighted by Gasteiger charge is 2.36. The van der Waals surface area contributed by atoms with E-state index in [0.29, 0.717) is 25.4 Å². The van der Waals surface area contributed by atoms with Crippen molar-refractivity contribution in [3.8, 4) is 11.4 Å². The molecule has 0 radical (unpaired) electrons. The predicted octanol–water partition coefficient (Wildman–Crippen LogP) is 5.08. The Morgan fingerprint density at radius 1 is 1.03 bits per heavy atom. The Morgan fingerprint density at radius 3 is 2.59 bits per heavy atom. The molecular weight excluding hydrogens is 419 g/mol. The summed E-state index contributed by atoms with van der Waals surface area (Å²) in [5, 5.41) is 5.98. The van der Waals surface area contributed by atoms with Gasteiger partial charge >= 0.3 is 6.18 Å². The van der Waals surface area contributed by atoms with E-state index in [4.69, 9.17) is 4.52 Å². The summed E-state index contributed by atoms with van der Waals surface area (Å²) in [6, 6.07) is 18.7. The highest BCUT2D eigenvalue weighted by molar-refractivity contribution is 5.90. The Morgan fingerprint density at radius 2 is 1.78 bits per heavy atom. The Balaban J connectivity index is 1.24. The first-order chi connectivity index (χ1) is 15.4. The van der Waals surface area contributed by atoms with Gasteiger partial charge in [-0.15, -0.1) is 0 Å². The van der Waals surface area contributed by atoms with E-state index in [0.717, 1.165) is 28.5 Å². The second kappa shape index (κ2) is 7.78. The molecule has 2 heterocycles. The highest BCUT2D eigenvalue weighted by atomic mass is 19.4. The van der Waals surface area contributed by atoms with Crippen LogP contribution < -0.4 is 0 Å². The summed E-state index contributed by atoms with van der Waals surface area (Å²) in [7, 11) is 0. The second-order valence-electron chi connectivity index (χ2n) is 7.85. The van der Waals surface area contributed by atoms with Crippen LogP contribution in [0.4, 0.5) is 13.2 Å². The average molecular weight is 437 g/mol. The molecule has 3 aromatic carbocycles. The number of fused-ring (bicyclic) bond motifs is 1. The Hall–Kier alpha value is -3.68. The van der Waals surface area contributed by atoms with Gasteiger partial charge in [0.05, 0.1) is 17.9 Å². The quantitative estimate of drug-likeness (QED) is 0.447. The molecule has 0 bridgehead atoms. The second-order valence-corrected chi connectivity index (χ2v) is 7.85. The normalized spacial score (nSPS) is 14.5. The van der Waals surface area contributed by atoms with Gasteiger partial charge in [0.1, 0.15) is 0 Å². The number of hydrogen-bond donors (Lipinski definition) is 0. The lowest BCUT2D eigenvalue weighted by atomic mass is 9.97. The van der Waals surface area contributed by atoms with Crippen molar-refractivity contribution in [2.45, 2.75) is 18.5 Å². The molecule has 1 aromatic heterocycles. The SMILES string of the molecule is O=C(Cc1cccc2ccccc12)N1CC(c2nc(-c3cccc(C(F)(F)F)c3)no2)C1. The fourth-order valence-corrected chi connectivity index (χ4v) is 3.91. The first-order valence-electron chi connectivity index (χ1n) is 10.1. The molecule has 0 spiro atoms. The Labute approximate surface area is 181 Å². The summed E-state index contributed by atoms with van der Waals surface area (Å²) < 4.78 is 44.1. The number of aromatic nitrogens is 2. The number of likely N-dealkylation sites (tertiary alicyclic amines) is 1. The summed E-state index contributed by atoms with van der Waals surface area (Å²) in [4.78, 5) is 18.7. The first-order valence-corrected chi connectivity index (χ1v) is 10.1. The lowest BCUT2D eigenvalue weighted by molar-refractivity contribution is -0.137. The van der Waals surface area contributed by atoms with Gasteiger partial charge in [0.25, 0.3) is 0 Å². The van der Waals surface area contributed by atoms with Crippen LogP contribution in [-0.2, 0) is 17.4 Å². The van der Waals surface area contributed by atoms with Crippen molar-refractivity contribution in [3.05, 3.63) is 83.7 Å². The molecule has 8 heteroatoms.